The molecule has 1 aromatic carbocycles. The van der Waals surface area contributed by atoms with Crippen LogP contribution < -0.4 is 14.8 Å². The first kappa shape index (κ1) is 13.0. The Kier molecular flexibility index (Phi) is 3.96. The highest BCUT2D eigenvalue weighted by molar-refractivity contribution is 5.33. The highest BCUT2D eigenvalue weighted by Gasteiger charge is 2.31. The largest absolute Gasteiger partial charge is 0.573 e. The van der Waals surface area contributed by atoms with Crippen LogP contribution in [0.1, 0.15) is 6.42 Å². The van der Waals surface area contributed by atoms with Gasteiger partial charge in [-0.1, -0.05) is 6.07 Å². The number of nitrogens with one attached hydrogen (secondary N) is 1. The number of halogens is 3. The van der Waals surface area contributed by atoms with Gasteiger partial charge in [-0.15, -0.1) is 13.2 Å². The Labute approximate surface area is 103 Å². The van der Waals surface area contributed by atoms with Crippen LogP contribution >= 0.6 is 0 Å². The molecule has 0 saturated carbocycles. The summed E-state index contributed by atoms with van der Waals surface area (Å²) in [7, 11) is 0. The van der Waals surface area contributed by atoms with Gasteiger partial charge in [-0.3, -0.25) is 0 Å². The van der Waals surface area contributed by atoms with Gasteiger partial charge in [-0.2, -0.15) is 0 Å². The average Bonchev–Trinajstić information content (AvgIpc) is 2.77. The summed E-state index contributed by atoms with van der Waals surface area (Å²) < 4.78 is 45.4. The zero-order valence-electron chi connectivity index (χ0n) is 9.67. The van der Waals surface area contributed by atoms with E-state index in [1.807, 2.05) is 0 Å². The zero-order chi connectivity index (χ0) is 13.0. The normalized spacial score (nSPS) is 19.8. The molecular formula is C12H14F3NO2. The van der Waals surface area contributed by atoms with E-state index in [0.717, 1.165) is 19.5 Å². The molecule has 0 unspecified atom stereocenters. The topological polar surface area (TPSA) is 30.5 Å². The predicted octanol–water partition coefficient (Wildman–Crippen LogP) is 2.57. The smallest absolute Gasteiger partial charge is 0.493 e. The van der Waals surface area contributed by atoms with Crippen LogP contribution in [0.4, 0.5) is 13.2 Å². The Morgan fingerprint density at radius 2 is 2.06 bits per heavy atom. The van der Waals surface area contributed by atoms with Crippen molar-refractivity contribution >= 4 is 0 Å². The molecule has 1 N–H and O–H groups in total. The van der Waals surface area contributed by atoms with Crippen LogP contribution in [0.5, 0.6) is 11.5 Å². The third kappa shape index (κ3) is 4.10. The maximum absolute atomic E-state index is 12.0. The van der Waals surface area contributed by atoms with Crippen molar-refractivity contribution in [1.29, 1.82) is 0 Å². The summed E-state index contributed by atoms with van der Waals surface area (Å²) >= 11 is 0. The summed E-state index contributed by atoms with van der Waals surface area (Å²) in [6, 6.07) is 5.59. The van der Waals surface area contributed by atoms with Gasteiger partial charge in [0.2, 0.25) is 0 Å². The number of hydrogen-bond donors (Lipinski definition) is 1. The third-order valence-corrected chi connectivity index (χ3v) is 2.69. The summed E-state index contributed by atoms with van der Waals surface area (Å²) in [5.74, 6) is 0.547. The minimum Gasteiger partial charge on any atom is -0.493 e. The lowest BCUT2D eigenvalue weighted by molar-refractivity contribution is -0.274. The molecule has 0 amide bonds. The molecule has 0 aromatic heterocycles. The number of benzene rings is 1. The van der Waals surface area contributed by atoms with Gasteiger partial charge in [0.1, 0.15) is 11.5 Å². The number of ether oxygens (including phenoxy) is 2. The van der Waals surface area contributed by atoms with Crippen molar-refractivity contribution in [2.75, 3.05) is 19.7 Å². The molecule has 1 fully saturated rings. The van der Waals surface area contributed by atoms with Gasteiger partial charge in [0.25, 0.3) is 0 Å². The van der Waals surface area contributed by atoms with Crippen molar-refractivity contribution in [3.63, 3.8) is 0 Å². The highest BCUT2D eigenvalue weighted by Crippen LogP contribution is 2.26. The molecule has 1 aromatic rings. The maximum Gasteiger partial charge on any atom is 0.573 e. The number of rotatable bonds is 4. The second-order valence-corrected chi connectivity index (χ2v) is 4.19. The second kappa shape index (κ2) is 5.48. The monoisotopic (exact) mass is 261 g/mol. The molecule has 6 heteroatoms. The van der Waals surface area contributed by atoms with E-state index < -0.39 is 6.36 Å². The average molecular weight is 261 g/mol. The lowest BCUT2D eigenvalue weighted by atomic mass is 10.1. The van der Waals surface area contributed by atoms with Gasteiger partial charge in [0.15, 0.2) is 0 Å². The van der Waals surface area contributed by atoms with Crippen LogP contribution in [0.25, 0.3) is 0 Å². The van der Waals surface area contributed by atoms with Crippen molar-refractivity contribution < 1.29 is 22.6 Å². The fourth-order valence-corrected chi connectivity index (χ4v) is 1.83. The van der Waals surface area contributed by atoms with Crippen LogP contribution in [0.2, 0.25) is 0 Å². The van der Waals surface area contributed by atoms with E-state index in [2.05, 4.69) is 10.1 Å². The molecular weight excluding hydrogens is 247 g/mol. The van der Waals surface area contributed by atoms with E-state index in [9.17, 15) is 13.2 Å². The Balaban J connectivity index is 1.90. The molecule has 100 valence electrons. The molecule has 1 saturated heterocycles. The standard InChI is InChI=1S/C12H14F3NO2/c13-12(14,15)18-11-3-1-2-10(6-11)17-8-9-4-5-16-7-9/h1-3,6,9,16H,4-5,7-8H2/t9-/m0/s1. The predicted molar refractivity (Wildman–Crippen MR) is 59.6 cm³/mol. The molecule has 0 spiro atoms. The number of hydrogen-bond acceptors (Lipinski definition) is 3. The first-order valence-electron chi connectivity index (χ1n) is 5.72. The van der Waals surface area contributed by atoms with Gasteiger partial charge >= 0.3 is 6.36 Å². The van der Waals surface area contributed by atoms with E-state index in [1.165, 1.54) is 18.2 Å². The molecule has 18 heavy (non-hydrogen) atoms. The molecule has 0 bridgehead atoms. The Morgan fingerprint density at radius 1 is 1.28 bits per heavy atom. The van der Waals surface area contributed by atoms with E-state index in [4.69, 9.17) is 4.74 Å². The lowest BCUT2D eigenvalue weighted by Crippen LogP contribution is -2.17. The molecule has 0 aliphatic carbocycles. The van der Waals surface area contributed by atoms with E-state index >= 15 is 0 Å². The summed E-state index contributed by atoms with van der Waals surface area (Å²) in [6.07, 6.45) is -3.65. The Hall–Kier alpha value is -1.43. The van der Waals surface area contributed by atoms with Crippen LogP contribution in [0.15, 0.2) is 24.3 Å². The van der Waals surface area contributed by atoms with E-state index in [0.29, 0.717) is 18.3 Å². The minimum atomic E-state index is -4.67. The highest BCUT2D eigenvalue weighted by atomic mass is 19.4. The lowest BCUT2D eigenvalue weighted by Gasteiger charge is -2.13. The van der Waals surface area contributed by atoms with Crippen LogP contribution in [0, 0.1) is 5.92 Å². The third-order valence-electron chi connectivity index (χ3n) is 2.69. The molecule has 3 nitrogen and oxygen atoms in total. The Morgan fingerprint density at radius 3 is 2.72 bits per heavy atom. The Bertz CT molecular complexity index is 389. The quantitative estimate of drug-likeness (QED) is 0.903. The fourth-order valence-electron chi connectivity index (χ4n) is 1.83. The molecule has 1 aliphatic heterocycles. The van der Waals surface area contributed by atoms with Crippen LogP contribution in [0.3, 0.4) is 0 Å². The van der Waals surface area contributed by atoms with Crippen molar-refractivity contribution in [2.45, 2.75) is 12.8 Å². The van der Waals surface area contributed by atoms with Gasteiger partial charge in [0, 0.05) is 18.5 Å². The minimum absolute atomic E-state index is 0.260. The zero-order valence-corrected chi connectivity index (χ0v) is 9.67. The van der Waals surface area contributed by atoms with Gasteiger partial charge in [-0.25, -0.2) is 0 Å². The summed E-state index contributed by atoms with van der Waals surface area (Å²) in [5.41, 5.74) is 0. The second-order valence-electron chi connectivity index (χ2n) is 4.19. The first-order chi connectivity index (χ1) is 8.53. The van der Waals surface area contributed by atoms with Crippen LogP contribution in [-0.2, 0) is 0 Å². The summed E-state index contributed by atoms with van der Waals surface area (Å²) in [4.78, 5) is 0. The summed E-state index contributed by atoms with van der Waals surface area (Å²) in [6.45, 7) is 2.35. The molecule has 2 rings (SSSR count). The van der Waals surface area contributed by atoms with E-state index in [1.54, 1.807) is 6.07 Å². The van der Waals surface area contributed by atoms with Crippen molar-refractivity contribution in [3.05, 3.63) is 24.3 Å². The maximum atomic E-state index is 12.0. The van der Waals surface area contributed by atoms with Gasteiger partial charge < -0.3 is 14.8 Å². The first-order valence-corrected chi connectivity index (χ1v) is 5.72. The number of alkyl halides is 3. The fraction of sp³-hybridized carbons (Fsp3) is 0.500. The van der Waals surface area contributed by atoms with Crippen LogP contribution in [-0.4, -0.2) is 26.1 Å². The van der Waals surface area contributed by atoms with Crippen molar-refractivity contribution in [2.24, 2.45) is 5.92 Å². The molecule has 1 aliphatic rings. The molecule has 1 atom stereocenters. The van der Waals surface area contributed by atoms with Crippen molar-refractivity contribution in [3.8, 4) is 11.5 Å². The van der Waals surface area contributed by atoms with E-state index in [-0.39, 0.29) is 5.75 Å². The van der Waals surface area contributed by atoms with Gasteiger partial charge in [-0.05, 0) is 25.1 Å². The van der Waals surface area contributed by atoms with Gasteiger partial charge in [0.05, 0.1) is 6.61 Å². The SMILES string of the molecule is FC(F)(F)Oc1cccc(OC[C@H]2CCNC2)c1. The molecule has 0 radical (unpaired) electrons. The summed E-state index contributed by atoms with van der Waals surface area (Å²) in [5, 5.41) is 3.20. The molecule has 1 heterocycles. The van der Waals surface area contributed by atoms with Crippen molar-refractivity contribution in [1.82, 2.24) is 5.32 Å².